The van der Waals surface area contributed by atoms with Crippen molar-refractivity contribution >= 4 is 0 Å². The molecule has 0 radical (unpaired) electrons. The molecule has 0 fully saturated rings. The van der Waals surface area contributed by atoms with Crippen molar-refractivity contribution in [2.75, 3.05) is 0 Å². The quantitative estimate of drug-likeness (QED) is 0.778. The molecule has 0 aliphatic heterocycles. The number of aliphatic hydroxyl groups excluding tert-OH is 1. The minimum Gasteiger partial charge on any atom is -0.488 e. The molecule has 0 atom stereocenters. The Morgan fingerprint density at radius 2 is 1.76 bits per heavy atom. The Hall–Kier alpha value is -2.59. The van der Waals surface area contributed by atoms with Crippen molar-refractivity contribution in [1.82, 2.24) is 5.16 Å². The maximum atomic E-state index is 9.07. The van der Waals surface area contributed by atoms with Crippen LogP contribution in [0.1, 0.15) is 11.3 Å². The van der Waals surface area contributed by atoms with E-state index in [0.717, 1.165) is 16.9 Å². The molecule has 2 aromatic carbocycles. The van der Waals surface area contributed by atoms with Crippen LogP contribution in [0.5, 0.6) is 5.75 Å². The second kappa shape index (κ2) is 6.24. The lowest BCUT2D eigenvalue weighted by molar-refractivity contribution is 0.267. The fraction of sp³-hybridized carbons (Fsp3) is 0.118. The predicted molar refractivity (Wildman–Crippen MR) is 78.6 cm³/mol. The van der Waals surface area contributed by atoms with Gasteiger partial charge in [-0.15, -0.1) is 0 Å². The predicted octanol–water partition coefficient (Wildman–Crippen LogP) is 3.41. The van der Waals surface area contributed by atoms with E-state index in [1.54, 1.807) is 6.07 Å². The maximum absolute atomic E-state index is 9.07. The minimum absolute atomic E-state index is 0.142. The van der Waals surface area contributed by atoms with Crippen LogP contribution >= 0.6 is 0 Å². The summed E-state index contributed by atoms with van der Waals surface area (Å²) in [6, 6.07) is 19.3. The number of rotatable bonds is 5. The molecule has 4 heteroatoms. The first-order valence-corrected chi connectivity index (χ1v) is 6.69. The lowest BCUT2D eigenvalue weighted by Crippen LogP contribution is -1.96. The molecular formula is C17H15NO3. The first kappa shape index (κ1) is 13.4. The molecule has 4 nitrogen and oxygen atoms in total. The summed E-state index contributed by atoms with van der Waals surface area (Å²) in [5.41, 5.74) is 2.42. The van der Waals surface area contributed by atoms with E-state index in [2.05, 4.69) is 5.16 Å². The average Bonchev–Trinajstić information content (AvgIpc) is 3.03. The van der Waals surface area contributed by atoms with Gasteiger partial charge in [-0.25, -0.2) is 0 Å². The first-order chi connectivity index (χ1) is 10.4. The van der Waals surface area contributed by atoms with Crippen LogP contribution in [0.4, 0.5) is 0 Å². The van der Waals surface area contributed by atoms with Gasteiger partial charge in [0.1, 0.15) is 18.1 Å². The molecule has 106 valence electrons. The van der Waals surface area contributed by atoms with Gasteiger partial charge in [-0.1, -0.05) is 47.6 Å². The number of ether oxygens (including phenoxy) is 1. The van der Waals surface area contributed by atoms with Crippen molar-refractivity contribution < 1.29 is 14.4 Å². The zero-order chi connectivity index (χ0) is 14.5. The summed E-state index contributed by atoms with van der Waals surface area (Å²) >= 11 is 0. The summed E-state index contributed by atoms with van der Waals surface area (Å²) in [4.78, 5) is 0. The Kier molecular flexibility index (Phi) is 3.98. The number of nitrogens with zero attached hydrogens (tertiary/aromatic N) is 1. The van der Waals surface area contributed by atoms with Crippen LogP contribution in [-0.4, -0.2) is 10.3 Å². The summed E-state index contributed by atoms with van der Waals surface area (Å²) in [5.74, 6) is 1.31. The summed E-state index contributed by atoms with van der Waals surface area (Å²) in [7, 11) is 0. The second-order valence-corrected chi connectivity index (χ2v) is 4.61. The molecule has 3 rings (SSSR count). The van der Waals surface area contributed by atoms with Crippen molar-refractivity contribution in [2.24, 2.45) is 0 Å². The van der Waals surface area contributed by atoms with Gasteiger partial charge in [0, 0.05) is 6.07 Å². The third kappa shape index (κ3) is 3.12. The Morgan fingerprint density at radius 3 is 2.52 bits per heavy atom. The number of para-hydroxylation sites is 1. The molecular weight excluding hydrogens is 266 g/mol. The highest BCUT2D eigenvalue weighted by molar-refractivity contribution is 5.65. The van der Waals surface area contributed by atoms with Crippen LogP contribution in [0, 0.1) is 0 Å². The van der Waals surface area contributed by atoms with Crippen molar-refractivity contribution in [2.45, 2.75) is 13.2 Å². The monoisotopic (exact) mass is 281 g/mol. The lowest BCUT2D eigenvalue weighted by Gasteiger charge is -2.09. The molecule has 0 saturated carbocycles. The summed E-state index contributed by atoms with van der Waals surface area (Å²) in [6.07, 6.45) is 0. The molecule has 1 heterocycles. The molecule has 21 heavy (non-hydrogen) atoms. The van der Waals surface area contributed by atoms with Crippen molar-refractivity contribution in [3.63, 3.8) is 0 Å². The normalized spacial score (nSPS) is 10.5. The van der Waals surface area contributed by atoms with Gasteiger partial charge in [0.15, 0.2) is 5.76 Å². The van der Waals surface area contributed by atoms with Gasteiger partial charge >= 0.3 is 0 Å². The number of aliphatic hydroxyl groups is 1. The van der Waals surface area contributed by atoms with Gasteiger partial charge in [0.25, 0.3) is 0 Å². The Labute approximate surface area is 122 Å². The lowest BCUT2D eigenvalue weighted by atomic mass is 10.1. The molecule has 0 saturated heterocycles. The van der Waals surface area contributed by atoms with Gasteiger partial charge in [-0.3, -0.25) is 0 Å². The Balaban J connectivity index is 1.82. The van der Waals surface area contributed by atoms with E-state index < -0.39 is 0 Å². The van der Waals surface area contributed by atoms with Crippen molar-refractivity contribution in [3.05, 3.63) is 71.9 Å². The Morgan fingerprint density at radius 1 is 1.00 bits per heavy atom. The molecule has 0 spiro atoms. The van der Waals surface area contributed by atoms with Gasteiger partial charge in [0.05, 0.1) is 12.2 Å². The third-order valence-corrected chi connectivity index (χ3v) is 3.11. The highest BCUT2D eigenvalue weighted by atomic mass is 16.5. The Bertz CT molecular complexity index is 707. The van der Waals surface area contributed by atoms with Crippen LogP contribution in [-0.2, 0) is 13.2 Å². The molecule has 0 unspecified atom stereocenters. The summed E-state index contributed by atoms with van der Waals surface area (Å²) < 4.78 is 11.1. The van der Waals surface area contributed by atoms with Gasteiger partial charge in [-0.05, 0) is 17.7 Å². The smallest absolute Gasteiger partial charge is 0.170 e. The standard InChI is InChI=1S/C17H15NO3/c19-11-14-10-17(21-18-14)15-8-4-5-9-16(15)20-12-13-6-2-1-3-7-13/h1-10,19H,11-12H2. The summed E-state index contributed by atoms with van der Waals surface area (Å²) in [5, 5.41) is 12.9. The molecule has 3 aromatic rings. The van der Waals surface area contributed by atoms with E-state index in [4.69, 9.17) is 14.4 Å². The van der Waals surface area contributed by atoms with Crippen LogP contribution in [0.25, 0.3) is 11.3 Å². The topological polar surface area (TPSA) is 55.5 Å². The number of hydrogen-bond donors (Lipinski definition) is 1. The molecule has 1 aromatic heterocycles. The summed E-state index contributed by atoms with van der Waals surface area (Å²) in [6.45, 7) is 0.343. The van der Waals surface area contributed by atoms with Crippen LogP contribution in [0.3, 0.4) is 0 Å². The zero-order valence-electron chi connectivity index (χ0n) is 11.4. The number of aromatic nitrogens is 1. The molecule has 1 N–H and O–H groups in total. The SMILES string of the molecule is OCc1cc(-c2ccccc2OCc2ccccc2)on1. The number of benzene rings is 2. The van der Waals surface area contributed by atoms with E-state index in [0.29, 0.717) is 18.1 Å². The second-order valence-electron chi connectivity index (χ2n) is 4.61. The number of hydrogen-bond acceptors (Lipinski definition) is 4. The van der Waals surface area contributed by atoms with E-state index in [-0.39, 0.29) is 6.61 Å². The minimum atomic E-state index is -0.142. The maximum Gasteiger partial charge on any atom is 0.170 e. The highest BCUT2D eigenvalue weighted by Gasteiger charge is 2.11. The van der Waals surface area contributed by atoms with E-state index in [1.807, 2.05) is 54.6 Å². The fourth-order valence-corrected chi connectivity index (χ4v) is 2.04. The first-order valence-electron chi connectivity index (χ1n) is 6.69. The molecule has 0 aliphatic carbocycles. The van der Waals surface area contributed by atoms with Crippen LogP contribution in [0.2, 0.25) is 0 Å². The van der Waals surface area contributed by atoms with Crippen LogP contribution < -0.4 is 4.74 Å². The third-order valence-electron chi connectivity index (χ3n) is 3.11. The molecule has 0 aliphatic rings. The van der Waals surface area contributed by atoms with Gasteiger partial charge < -0.3 is 14.4 Å². The van der Waals surface area contributed by atoms with Crippen LogP contribution in [0.15, 0.2) is 65.2 Å². The van der Waals surface area contributed by atoms with E-state index in [9.17, 15) is 0 Å². The average molecular weight is 281 g/mol. The fourth-order valence-electron chi connectivity index (χ4n) is 2.04. The van der Waals surface area contributed by atoms with Crippen molar-refractivity contribution in [3.8, 4) is 17.1 Å². The van der Waals surface area contributed by atoms with Crippen molar-refractivity contribution in [1.29, 1.82) is 0 Å². The molecule has 0 bridgehead atoms. The highest BCUT2D eigenvalue weighted by Crippen LogP contribution is 2.30. The van der Waals surface area contributed by atoms with Gasteiger partial charge in [0.2, 0.25) is 0 Å². The zero-order valence-corrected chi connectivity index (χ0v) is 11.4. The molecule has 0 amide bonds. The van der Waals surface area contributed by atoms with Gasteiger partial charge in [-0.2, -0.15) is 0 Å². The largest absolute Gasteiger partial charge is 0.488 e. The van der Waals surface area contributed by atoms with E-state index >= 15 is 0 Å². The van der Waals surface area contributed by atoms with E-state index in [1.165, 1.54) is 0 Å².